The lowest BCUT2D eigenvalue weighted by molar-refractivity contribution is 0.319. The Bertz CT molecular complexity index is 592. The maximum absolute atomic E-state index is 13.6. The highest BCUT2D eigenvalue weighted by Gasteiger charge is 2.13. The van der Waals surface area contributed by atoms with Gasteiger partial charge in [0.25, 0.3) is 0 Å². The quantitative estimate of drug-likeness (QED) is 0.488. The fraction of sp³-hybridized carbons (Fsp3) is 0.188. The molecule has 0 amide bonds. The van der Waals surface area contributed by atoms with E-state index >= 15 is 0 Å². The largest absolute Gasteiger partial charge is 0.410 e. The van der Waals surface area contributed by atoms with E-state index in [1.165, 1.54) is 6.07 Å². The van der Waals surface area contributed by atoms with Gasteiger partial charge in [0.2, 0.25) is 0 Å². The van der Waals surface area contributed by atoms with Gasteiger partial charge in [-0.15, -0.1) is 0 Å². The van der Waals surface area contributed by atoms with E-state index in [0.29, 0.717) is 5.56 Å². The maximum atomic E-state index is 13.6. The van der Waals surface area contributed by atoms with E-state index in [4.69, 9.17) is 5.21 Å². The summed E-state index contributed by atoms with van der Waals surface area (Å²) in [4.78, 5) is 0. The van der Waals surface area contributed by atoms with Crippen molar-refractivity contribution in [3.63, 3.8) is 0 Å². The van der Waals surface area contributed by atoms with Gasteiger partial charge in [-0.3, -0.25) is 0 Å². The third-order valence-corrected chi connectivity index (χ3v) is 2.61. The van der Waals surface area contributed by atoms with Gasteiger partial charge in [-0.2, -0.15) is 0 Å². The molecule has 0 aliphatic carbocycles. The van der Waals surface area contributed by atoms with E-state index in [0.717, 1.165) is 17.7 Å². The summed E-state index contributed by atoms with van der Waals surface area (Å²) in [5, 5.41) is 12.1. The van der Waals surface area contributed by atoms with E-state index in [1.807, 2.05) is 32.9 Å². The monoisotopic (exact) mass is 277 g/mol. The third kappa shape index (κ3) is 3.63. The summed E-state index contributed by atoms with van der Waals surface area (Å²) in [6.07, 6.45) is 0. The summed E-state index contributed by atoms with van der Waals surface area (Å²) in [5.74, 6) is -1.43. The van der Waals surface area contributed by atoms with Crippen LogP contribution in [0.2, 0.25) is 0 Å². The predicted molar refractivity (Wildman–Crippen MR) is 76.3 cm³/mol. The van der Waals surface area contributed by atoms with Gasteiger partial charge in [-0.05, 0) is 19.1 Å². The molecule has 2 rings (SSSR count). The second kappa shape index (κ2) is 7.38. The molecule has 2 nitrogen and oxygen atoms in total. The van der Waals surface area contributed by atoms with Crippen LogP contribution in [0.15, 0.2) is 47.6 Å². The van der Waals surface area contributed by atoms with Crippen LogP contribution in [0.5, 0.6) is 0 Å². The number of rotatable bonds is 2. The molecule has 1 N–H and O–H groups in total. The van der Waals surface area contributed by atoms with E-state index in [-0.39, 0.29) is 11.3 Å². The number of hydrogen-bond donors (Lipinski definition) is 1. The van der Waals surface area contributed by atoms with Gasteiger partial charge in [0.1, 0.15) is 17.3 Å². The molecule has 0 bridgehead atoms. The molecule has 0 radical (unpaired) electrons. The SMILES string of the molecule is CC.Cc1ccc(/C(=N\O)c2ccc(F)cc2F)cc1. The summed E-state index contributed by atoms with van der Waals surface area (Å²) >= 11 is 0. The molecule has 0 saturated heterocycles. The van der Waals surface area contributed by atoms with Crippen molar-refractivity contribution in [2.45, 2.75) is 20.8 Å². The molecule has 106 valence electrons. The molecule has 0 aromatic heterocycles. The molecule has 0 fully saturated rings. The molecular formula is C16H17F2NO. The molecule has 20 heavy (non-hydrogen) atoms. The van der Waals surface area contributed by atoms with E-state index in [1.54, 1.807) is 12.1 Å². The number of nitrogens with zero attached hydrogens (tertiary/aromatic N) is 1. The minimum atomic E-state index is -0.761. The first-order valence-electron chi connectivity index (χ1n) is 6.36. The molecule has 2 aromatic rings. The van der Waals surface area contributed by atoms with Crippen molar-refractivity contribution in [2.75, 3.05) is 0 Å². The van der Waals surface area contributed by atoms with Crippen LogP contribution in [-0.2, 0) is 0 Å². The lowest BCUT2D eigenvalue weighted by Crippen LogP contribution is -2.06. The van der Waals surface area contributed by atoms with Crippen LogP contribution in [0.25, 0.3) is 0 Å². The van der Waals surface area contributed by atoms with Crippen molar-refractivity contribution >= 4 is 5.71 Å². The Morgan fingerprint density at radius 2 is 1.60 bits per heavy atom. The zero-order chi connectivity index (χ0) is 15.1. The lowest BCUT2D eigenvalue weighted by atomic mass is 10.0. The highest BCUT2D eigenvalue weighted by Crippen LogP contribution is 2.16. The Balaban J connectivity index is 0.000000956. The molecule has 0 heterocycles. The minimum Gasteiger partial charge on any atom is -0.410 e. The molecular weight excluding hydrogens is 260 g/mol. The van der Waals surface area contributed by atoms with Crippen LogP contribution in [0.1, 0.15) is 30.5 Å². The van der Waals surface area contributed by atoms with E-state index < -0.39 is 11.6 Å². The standard InChI is InChI=1S/C14H11F2NO.C2H6/c1-9-2-4-10(5-3-9)14(17-18)12-7-6-11(15)8-13(12)16;1-2/h2-8,18H,1H3;1-2H3/b17-14+;. The van der Waals surface area contributed by atoms with Crippen LogP contribution in [0.3, 0.4) is 0 Å². The van der Waals surface area contributed by atoms with Crippen molar-refractivity contribution in [2.24, 2.45) is 5.16 Å². The van der Waals surface area contributed by atoms with Gasteiger partial charge in [0.15, 0.2) is 0 Å². The Kier molecular flexibility index (Phi) is 5.84. The first-order valence-corrected chi connectivity index (χ1v) is 6.36. The second-order valence-corrected chi connectivity index (χ2v) is 3.94. The Morgan fingerprint density at radius 1 is 1.00 bits per heavy atom. The highest BCUT2D eigenvalue weighted by molar-refractivity contribution is 6.12. The fourth-order valence-electron chi connectivity index (χ4n) is 1.66. The van der Waals surface area contributed by atoms with Crippen molar-refractivity contribution in [3.8, 4) is 0 Å². The molecule has 2 aromatic carbocycles. The first kappa shape index (κ1) is 15.8. The Labute approximate surface area is 117 Å². The van der Waals surface area contributed by atoms with Crippen molar-refractivity contribution < 1.29 is 14.0 Å². The number of oxime groups is 1. The third-order valence-electron chi connectivity index (χ3n) is 2.61. The summed E-state index contributed by atoms with van der Waals surface area (Å²) in [5.41, 5.74) is 1.74. The fourth-order valence-corrected chi connectivity index (χ4v) is 1.66. The lowest BCUT2D eigenvalue weighted by Gasteiger charge is -2.06. The van der Waals surface area contributed by atoms with Gasteiger partial charge in [0, 0.05) is 17.2 Å². The predicted octanol–water partition coefficient (Wildman–Crippen LogP) is 4.53. The normalized spacial score (nSPS) is 10.8. The molecule has 0 spiro atoms. The minimum absolute atomic E-state index is 0.0581. The van der Waals surface area contributed by atoms with Crippen molar-refractivity contribution in [1.29, 1.82) is 0 Å². The second-order valence-electron chi connectivity index (χ2n) is 3.94. The summed E-state index contributed by atoms with van der Waals surface area (Å²) in [7, 11) is 0. The van der Waals surface area contributed by atoms with E-state index in [9.17, 15) is 8.78 Å². The van der Waals surface area contributed by atoms with Gasteiger partial charge in [-0.1, -0.05) is 48.8 Å². The number of halogens is 2. The average molecular weight is 277 g/mol. The number of aryl methyl sites for hydroxylation is 1. The smallest absolute Gasteiger partial charge is 0.135 e. The number of benzene rings is 2. The zero-order valence-electron chi connectivity index (χ0n) is 11.7. The van der Waals surface area contributed by atoms with Crippen molar-refractivity contribution in [1.82, 2.24) is 0 Å². The Morgan fingerprint density at radius 3 is 2.10 bits per heavy atom. The maximum Gasteiger partial charge on any atom is 0.135 e. The van der Waals surface area contributed by atoms with Crippen LogP contribution in [0, 0.1) is 18.6 Å². The summed E-state index contributed by atoms with van der Waals surface area (Å²) < 4.78 is 26.4. The molecule has 0 aliphatic heterocycles. The Hall–Kier alpha value is -2.23. The van der Waals surface area contributed by atoms with Crippen LogP contribution in [0.4, 0.5) is 8.78 Å². The van der Waals surface area contributed by atoms with Crippen molar-refractivity contribution in [3.05, 3.63) is 70.8 Å². The zero-order valence-corrected chi connectivity index (χ0v) is 11.7. The molecule has 0 saturated carbocycles. The van der Waals surface area contributed by atoms with Gasteiger partial charge < -0.3 is 5.21 Å². The van der Waals surface area contributed by atoms with E-state index in [2.05, 4.69) is 5.16 Å². The number of hydrogen-bond acceptors (Lipinski definition) is 2. The van der Waals surface area contributed by atoms with Gasteiger partial charge in [-0.25, -0.2) is 8.78 Å². The van der Waals surface area contributed by atoms with Gasteiger partial charge in [0.05, 0.1) is 0 Å². The average Bonchev–Trinajstić information content (AvgIpc) is 2.46. The van der Waals surface area contributed by atoms with Crippen LogP contribution < -0.4 is 0 Å². The highest BCUT2D eigenvalue weighted by atomic mass is 19.1. The summed E-state index contributed by atoms with van der Waals surface area (Å²) in [6.45, 7) is 5.91. The van der Waals surface area contributed by atoms with Crippen LogP contribution >= 0.6 is 0 Å². The summed E-state index contributed by atoms with van der Waals surface area (Å²) in [6, 6.07) is 10.2. The topological polar surface area (TPSA) is 32.6 Å². The molecule has 4 heteroatoms. The molecule has 0 unspecified atom stereocenters. The first-order chi connectivity index (χ1) is 9.61. The molecule has 0 atom stereocenters. The van der Waals surface area contributed by atoms with Crippen LogP contribution in [-0.4, -0.2) is 10.9 Å². The van der Waals surface area contributed by atoms with Gasteiger partial charge >= 0.3 is 0 Å². The molecule has 0 aliphatic rings.